The fraction of sp³-hybridized carbons (Fsp3) is 0.300. The SMILES string of the molecule is COc1ccc(Cl)cc1NC(=O)C[NH+](C)CC(=O)NCCc1ccc(F)cc1. The highest BCUT2D eigenvalue weighted by atomic mass is 35.5. The van der Waals surface area contributed by atoms with Crippen molar-refractivity contribution in [2.45, 2.75) is 6.42 Å². The van der Waals surface area contributed by atoms with E-state index in [-0.39, 0.29) is 30.7 Å². The van der Waals surface area contributed by atoms with Crippen molar-refractivity contribution in [3.8, 4) is 5.75 Å². The number of likely N-dealkylation sites (N-methyl/N-ethyl adjacent to an activating group) is 1. The maximum atomic E-state index is 12.9. The lowest BCUT2D eigenvalue weighted by atomic mass is 10.1. The average molecular weight is 409 g/mol. The number of anilines is 1. The van der Waals surface area contributed by atoms with Gasteiger partial charge in [-0.2, -0.15) is 0 Å². The van der Waals surface area contributed by atoms with Gasteiger partial charge in [0.05, 0.1) is 19.8 Å². The van der Waals surface area contributed by atoms with Gasteiger partial charge in [-0.05, 0) is 42.3 Å². The van der Waals surface area contributed by atoms with E-state index in [0.29, 0.717) is 29.4 Å². The molecule has 150 valence electrons. The zero-order valence-electron chi connectivity index (χ0n) is 15.9. The van der Waals surface area contributed by atoms with Crippen molar-refractivity contribution < 1.29 is 23.6 Å². The number of amides is 2. The first-order valence-electron chi connectivity index (χ1n) is 8.83. The quantitative estimate of drug-likeness (QED) is 0.585. The summed E-state index contributed by atoms with van der Waals surface area (Å²) in [5, 5.41) is 6.03. The van der Waals surface area contributed by atoms with Crippen LogP contribution in [0.1, 0.15) is 5.56 Å². The molecule has 8 heteroatoms. The minimum Gasteiger partial charge on any atom is -0.495 e. The third-order valence-corrected chi connectivity index (χ3v) is 4.24. The third-order valence-electron chi connectivity index (χ3n) is 4.01. The number of carbonyl (C=O) groups excluding carboxylic acids is 2. The maximum absolute atomic E-state index is 12.9. The Morgan fingerprint density at radius 1 is 1.11 bits per heavy atom. The zero-order chi connectivity index (χ0) is 20.5. The molecule has 0 heterocycles. The lowest BCUT2D eigenvalue weighted by Crippen LogP contribution is -3.11. The van der Waals surface area contributed by atoms with Gasteiger partial charge in [0.1, 0.15) is 11.6 Å². The molecule has 0 aliphatic carbocycles. The molecule has 28 heavy (non-hydrogen) atoms. The number of carbonyl (C=O) groups is 2. The van der Waals surface area contributed by atoms with Crippen molar-refractivity contribution in [3.05, 3.63) is 58.9 Å². The summed E-state index contributed by atoms with van der Waals surface area (Å²) in [7, 11) is 3.26. The molecule has 2 aromatic carbocycles. The van der Waals surface area contributed by atoms with Crippen LogP contribution in [0.25, 0.3) is 0 Å². The van der Waals surface area contributed by atoms with Gasteiger partial charge in [-0.3, -0.25) is 9.59 Å². The fourth-order valence-electron chi connectivity index (χ4n) is 2.64. The van der Waals surface area contributed by atoms with Gasteiger partial charge in [0.25, 0.3) is 11.8 Å². The molecular formula is C20H24ClFN3O3+. The van der Waals surface area contributed by atoms with E-state index < -0.39 is 0 Å². The number of methoxy groups -OCH3 is 1. The van der Waals surface area contributed by atoms with Gasteiger partial charge in [0.15, 0.2) is 13.1 Å². The number of nitrogens with one attached hydrogen (secondary N) is 3. The summed E-state index contributed by atoms with van der Waals surface area (Å²) in [6.45, 7) is 0.716. The number of halogens is 2. The standard InChI is InChI=1S/C20H23ClFN3O3/c1-25(12-19(26)23-10-9-14-3-6-16(22)7-4-14)13-20(27)24-17-11-15(21)5-8-18(17)28-2/h3-8,11H,9-10,12-13H2,1-2H3,(H,23,26)(H,24,27)/p+1. The average Bonchev–Trinajstić information content (AvgIpc) is 2.63. The molecule has 3 N–H and O–H groups in total. The Bertz CT molecular complexity index is 815. The van der Waals surface area contributed by atoms with Crippen LogP contribution in [0, 0.1) is 5.82 Å². The molecule has 6 nitrogen and oxygen atoms in total. The molecule has 0 aliphatic heterocycles. The Kier molecular flexibility index (Phi) is 8.22. The molecule has 1 unspecified atom stereocenters. The normalized spacial score (nSPS) is 11.6. The number of hydrogen-bond donors (Lipinski definition) is 3. The molecule has 0 fully saturated rings. The molecule has 2 aromatic rings. The largest absolute Gasteiger partial charge is 0.495 e. The highest BCUT2D eigenvalue weighted by Crippen LogP contribution is 2.27. The van der Waals surface area contributed by atoms with Gasteiger partial charge in [0, 0.05) is 11.6 Å². The minimum atomic E-state index is -0.285. The highest BCUT2D eigenvalue weighted by Gasteiger charge is 2.15. The topological polar surface area (TPSA) is 71.9 Å². The molecule has 2 amide bonds. The van der Waals surface area contributed by atoms with Crippen LogP contribution < -0.4 is 20.3 Å². The fourth-order valence-corrected chi connectivity index (χ4v) is 2.81. The van der Waals surface area contributed by atoms with Crippen LogP contribution in [-0.2, 0) is 16.0 Å². The van der Waals surface area contributed by atoms with Crippen LogP contribution in [0.3, 0.4) is 0 Å². The van der Waals surface area contributed by atoms with Gasteiger partial charge in [-0.25, -0.2) is 4.39 Å². The maximum Gasteiger partial charge on any atom is 0.279 e. The first-order chi connectivity index (χ1) is 13.4. The number of quaternary nitrogens is 1. The summed E-state index contributed by atoms with van der Waals surface area (Å²) in [4.78, 5) is 25.0. The van der Waals surface area contributed by atoms with E-state index in [4.69, 9.17) is 16.3 Å². The molecular weight excluding hydrogens is 385 g/mol. The van der Waals surface area contributed by atoms with Crippen LogP contribution >= 0.6 is 11.6 Å². The Balaban J connectivity index is 1.74. The van der Waals surface area contributed by atoms with Crippen LogP contribution in [-0.4, -0.2) is 45.6 Å². The van der Waals surface area contributed by atoms with Crippen molar-refractivity contribution in [3.63, 3.8) is 0 Å². The van der Waals surface area contributed by atoms with Crippen LogP contribution in [0.2, 0.25) is 5.02 Å². The molecule has 0 saturated carbocycles. The van der Waals surface area contributed by atoms with Gasteiger partial charge < -0.3 is 20.3 Å². The van der Waals surface area contributed by atoms with Crippen molar-refractivity contribution >= 4 is 29.1 Å². The molecule has 0 spiro atoms. The Labute approximate surface area is 168 Å². The number of hydrogen-bond acceptors (Lipinski definition) is 3. The molecule has 1 atom stereocenters. The van der Waals surface area contributed by atoms with Gasteiger partial charge in [-0.15, -0.1) is 0 Å². The third kappa shape index (κ3) is 7.17. The molecule has 0 aliphatic rings. The molecule has 0 radical (unpaired) electrons. The smallest absolute Gasteiger partial charge is 0.279 e. The zero-order valence-corrected chi connectivity index (χ0v) is 16.6. The van der Waals surface area contributed by atoms with Crippen LogP contribution in [0.5, 0.6) is 5.75 Å². The summed E-state index contributed by atoms with van der Waals surface area (Å²) in [6.07, 6.45) is 0.611. The molecule has 0 saturated heterocycles. The predicted octanol–water partition coefficient (Wildman–Crippen LogP) is 1.30. The van der Waals surface area contributed by atoms with Crippen molar-refractivity contribution in [2.75, 3.05) is 39.1 Å². The summed E-state index contributed by atoms with van der Waals surface area (Å²) < 4.78 is 18.1. The highest BCUT2D eigenvalue weighted by molar-refractivity contribution is 6.31. The van der Waals surface area contributed by atoms with E-state index in [2.05, 4.69) is 10.6 Å². The second-order valence-electron chi connectivity index (χ2n) is 6.43. The lowest BCUT2D eigenvalue weighted by Gasteiger charge is -2.15. The van der Waals surface area contributed by atoms with Gasteiger partial charge in [-0.1, -0.05) is 23.7 Å². The van der Waals surface area contributed by atoms with Crippen molar-refractivity contribution in [1.82, 2.24) is 5.32 Å². The van der Waals surface area contributed by atoms with E-state index >= 15 is 0 Å². The molecule has 2 rings (SSSR count). The second kappa shape index (κ2) is 10.6. The second-order valence-corrected chi connectivity index (χ2v) is 6.87. The van der Waals surface area contributed by atoms with Crippen LogP contribution in [0.4, 0.5) is 10.1 Å². The Morgan fingerprint density at radius 2 is 1.79 bits per heavy atom. The van der Waals surface area contributed by atoms with Gasteiger partial charge in [0.2, 0.25) is 0 Å². The first-order valence-corrected chi connectivity index (χ1v) is 9.21. The minimum absolute atomic E-state index is 0.112. The Hall–Kier alpha value is -2.64. The van der Waals surface area contributed by atoms with E-state index in [1.165, 1.54) is 19.2 Å². The first kappa shape index (κ1) is 21.7. The van der Waals surface area contributed by atoms with E-state index in [1.807, 2.05) is 0 Å². The lowest BCUT2D eigenvalue weighted by molar-refractivity contribution is -0.862. The summed E-state index contributed by atoms with van der Waals surface area (Å²) in [5.41, 5.74) is 1.42. The summed E-state index contributed by atoms with van der Waals surface area (Å²) >= 11 is 5.95. The Morgan fingerprint density at radius 3 is 2.46 bits per heavy atom. The summed E-state index contributed by atoms with van der Waals surface area (Å²) in [5.74, 6) is -0.189. The van der Waals surface area contributed by atoms with E-state index in [9.17, 15) is 14.0 Å². The van der Waals surface area contributed by atoms with Crippen molar-refractivity contribution in [2.24, 2.45) is 0 Å². The molecule has 0 aromatic heterocycles. The predicted molar refractivity (Wildman–Crippen MR) is 106 cm³/mol. The number of ether oxygens (including phenoxy) is 1. The van der Waals surface area contributed by atoms with Crippen LogP contribution in [0.15, 0.2) is 42.5 Å². The number of rotatable bonds is 9. The van der Waals surface area contributed by atoms with Crippen molar-refractivity contribution in [1.29, 1.82) is 0 Å². The number of benzene rings is 2. The van der Waals surface area contributed by atoms with Gasteiger partial charge >= 0.3 is 0 Å². The van der Waals surface area contributed by atoms with E-state index in [1.54, 1.807) is 37.4 Å². The van der Waals surface area contributed by atoms with E-state index in [0.717, 1.165) is 10.5 Å². The monoisotopic (exact) mass is 408 g/mol. The summed E-state index contributed by atoms with van der Waals surface area (Å²) in [6, 6.07) is 11.1. The molecule has 0 bridgehead atoms.